The van der Waals surface area contributed by atoms with Crippen molar-refractivity contribution in [2.45, 2.75) is 20.4 Å². The van der Waals surface area contributed by atoms with Gasteiger partial charge in [-0.1, -0.05) is 72.8 Å². The molecule has 5 aromatic rings. The number of hydrogen-bond donors (Lipinski definition) is 3. The summed E-state index contributed by atoms with van der Waals surface area (Å²) in [5.41, 5.74) is 20.6. The van der Waals surface area contributed by atoms with Crippen molar-refractivity contribution in [3.63, 3.8) is 0 Å². The monoisotopic (exact) mass is 512 g/mol. The first-order chi connectivity index (χ1) is 19.0. The average molecular weight is 513 g/mol. The largest absolute Gasteiger partial charge is 0.384 e. The number of nitrogen functional groups attached to an aromatic ring is 1. The zero-order valence-corrected chi connectivity index (χ0v) is 21.8. The lowest BCUT2D eigenvalue weighted by molar-refractivity contribution is 0.785. The Hall–Kier alpha value is -5.42. The third-order valence-electron chi connectivity index (χ3n) is 6.76. The van der Waals surface area contributed by atoms with Gasteiger partial charge in [0, 0.05) is 29.1 Å². The number of nitrogens with two attached hydrogens (primary N) is 2. The van der Waals surface area contributed by atoms with E-state index in [1.54, 1.807) is 6.07 Å². The molecule has 5 rings (SSSR count). The van der Waals surface area contributed by atoms with E-state index in [4.69, 9.17) is 11.5 Å². The molecule has 5 N–H and O–H groups in total. The predicted octanol–water partition coefficient (Wildman–Crippen LogP) is 5.79. The molecular formula is C31H28N8. The standard InChI is InChI=1S/C31H28N8/c1-20-21(2)39(30(33)26(20)18-32)19-23-12-6-7-13-24(23)25-14-8-9-15-28(25)35-31(34)36-29-17-16-27(37-38-29)22-10-4-3-5-11-22/h3-17H,19,33H2,1-2H3,(H3,34,35,36,38). The minimum absolute atomic E-state index is 0.196. The summed E-state index contributed by atoms with van der Waals surface area (Å²) in [4.78, 5) is 4.42. The van der Waals surface area contributed by atoms with Crippen LogP contribution in [-0.4, -0.2) is 20.7 Å². The first-order valence-corrected chi connectivity index (χ1v) is 12.5. The number of aromatic nitrogens is 3. The molecule has 0 aliphatic heterocycles. The van der Waals surface area contributed by atoms with Gasteiger partial charge in [-0.15, -0.1) is 10.2 Å². The van der Waals surface area contributed by atoms with E-state index in [0.717, 1.165) is 44.9 Å². The SMILES string of the molecule is Cc1c(C#N)c(N)n(Cc2ccccc2-c2ccccc2NC(N)=Nc2ccc(-c3ccccc3)nn2)c1C. The number of anilines is 2. The highest BCUT2D eigenvalue weighted by atomic mass is 15.2. The molecule has 0 saturated carbocycles. The third kappa shape index (κ3) is 5.20. The Balaban J connectivity index is 1.43. The lowest BCUT2D eigenvalue weighted by atomic mass is 9.98. The second-order valence-electron chi connectivity index (χ2n) is 9.14. The molecule has 0 atom stereocenters. The fraction of sp³-hybridized carbons (Fsp3) is 0.0968. The maximum Gasteiger partial charge on any atom is 0.199 e. The normalized spacial score (nSPS) is 11.3. The Kier molecular flexibility index (Phi) is 7.06. The number of rotatable bonds is 6. The zero-order valence-electron chi connectivity index (χ0n) is 21.8. The van der Waals surface area contributed by atoms with E-state index in [1.165, 1.54) is 0 Å². The number of nitrogens with one attached hydrogen (secondary N) is 1. The molecule has 2 heterocycles. The molecule has 8 heteroatoms. The molecule has 0 aliphatic rings. The summed E-state index contributed by atoms with van der Waals surface area (Å²) in [5.74, 6) is 1.07. The van der Waals surface area contributed by atoms with Crippen molar-refractivity contribution in [1.29, 1.82) is 5.26 Å². The average Bonchev–Trinajstić information content (AvgIpc) is 3.17. The molecule has 0 unspecified atom stereocenters. The highest BCUT2D eigenvalue weighted by Crippen LogP contribution is 2.33. The van der Waals surface area contributed by atoms with Crippen LogP contribution in [0.25, 0.3) is 22.4 Å². The van der Waals surface area contributed by atoms with Gasteiger partial charge in [-0.3, -0.25) is 0 Å². The van der Waals surface area contributed by atoms with E-state index in [9.17, 15) is 5.26 Å². The molecular weight excluding hydrogens is 484 g/mol. The van der Waals surface area contributed by atoms with Gasteiger partial charge in [-0.25, -0.2) is 0 Å². The first kappa shape index (κ1) is 25.2. The van der Waals surface area contributed by atoms with E-state index in [2.05, 4.69) is 38.7 Å². The Labute approximate surface area is 227 Å². The van der Waals surface area contributed by atoms with E-state index in [0.29, 0.717) is 23.7 Å². The van der Waals surface area contributed by atoms with Crippen LogP contribution in [0.5, 0.6) is 0 Å². The fourth-order valence-corrected chi connectivity index (χ4v) is 4.59. The van der Waals surface area contributed by atoms with Gasteiger partial charge in [-0.05, 0) is 48.7 Å². The number of aliphatic imine (C=N–C) groups is 1. The molecule has 8 nitrogen and oxygen atoms in total. The molecule has 39 heavy (non-hydrogen) atoms. The maximum absolute atomic E-state index is 9.54. The second kappa shape index (κ2) is 10.9. The van der Waals surface area contributed by atoms with Crippen molar-refractivity contribution in [2.75, 3.05) is 11.1 Å². The minimum Gasteiger partial charge on any atom is -0.384 e. The van der Waals surface area contributed by atoms with E-state index < -0.39 is 0 Å². The van der Waals surface area contributed by atoms with Crippen molar-refractivity contribution in [3.05, 3.63) is 113 Å². The summed E-state index contributed by atoms with van der Waals surface area (Å²) in [7, 11) is 0. The van der Waals surface area contributed by atoms with Gasteiger partial charge < -0.3 is 21.4 Å². The smallest absolute Gasteiger partial charge is 0.199 e. The highest BCUT2D eigenvalue weighted by Gasteiger charge is 2.17. The molecule has 0 amide bonds. The topological polar surface area (TPSA) is 131 Å². The Morgan fingerprint density at radius 1 is 0.897 bits per heavy atom. The van der Waals surface area contributed by atoms with E-state index >= 15 is 0 Å². The zero-order chi connectivity index (χ0) is 27.4. The first-order valence-electron chi connectivity index (χ1n) is 12.5. The van der Waals surface area contributed by atoms with Crippen LogP contribution in [0.15, 0.2) is 96.0 Å². The number of para-hydroxylation sites is 1. The van der Waals surface area contributed by atoms with Gasteiger partial charge in [0.25, 0.3) is 0 Å². The van der Waals surface area contributed by atoms with Gasteiger partial charge >= 0.3 is 0 Å². The number of nitriles is 1. The number of benzene rings is 3. The van der Waals surface area contributed by atoms with Crippen molar-refractivity contribution in [1.82, 2.24) is 14.8 Å². The molecule has 0 fully saturated rings. The van der Waals surface area contributed by atoms with Gasteiger partial charge in [0.2, 0.25) is 0 Å². The fourth-order valence-electron chi connectivity index (χ4n) is 4.59. The summed E-state index contributed by atoms with van der Waals surface area (Å²) in [5, 5.41) is 21.3. The number of guanidine groups is 1. The van der Waals surface area contributed by atoms with E-state index in [-0.39, 0.29) is 5.96 Å². The van der Waals surface area contributed by atoms with Crippen LogP contribution >= 0.6 is 0 Å². The van der Waals surface area contributed by atoms with Crippen LogP contribution in [0.4, 0.5) is 17.3 Å². The quantitative estimate of drug-likeness (QED) is 0.195. The van der Waals surface area contributed by atoms with Crippen LogP contribution in [0.3, 0.4) is 0 Å². The maximum atomic E-state index is 9.54. The molecule has 0 aliphatic carbocycles. The summed E-state index contributed by atoms with van der Waals surface area (Å²) in [6, 6.07) is 31.7. The van der Waals surface area contributed by atoms with Crippen LogP contribution in [0.2, 0.25) is 0 Å². The minimum atomic E-state index is 0.196. The molecule has 0 spiro atoms. The lowest BCUT2D eigenvalue weighted by Gasteiger charge is -2.17. The number of hydrogen-bond acceptors (Lipinski definition) is 5. The molecule has 192 valence electrons. The van der Waals surface area contributed by atoms with Crippen molar-refractivity contribution in [2.24, 2.45) is 10.7 Å². The Bertz CT molecular complexity index is 1690. The molecule has 2 aromatic heterocycles. The van der Waals surface area contributed by atoms with E-state index in [1.807, 2.05) is 91.2 Å². The summed E-state index contributed by atoms with van der Waals surface area (Å²) < 4.78 is 1.98. The number of nitrogens with zero attached hydrogens (tertiary/aromatic N) is 5. The third-order valence-corrected chi connectivity index (χ3v) is 6.76. The second-order valence-corrected chi connectivity index (χ2v) is 9.14. The van der Waals surface area contributed by atoms with Crippen LogP contribution in [-0.2, 0) is 6.54 Å². The lowest BCUT2D eigenvalue weighted by Crippen LogP contribution is -2.22. The predicted molar refractivity (Wildman–Crippen MR) is 156 cm³/mol. The molecule has 3 aromatic carbocycles. The Morgan fingerprint density at radius 2 is 1.59 bits per heavy atom. The van der Waals surface area contributed by atoms with Crippen LogP contribution in [0.1, 0.15) is 22.4 Å². The molecule has 0 radical (unpaired) electrons. The summed E-state index contributed by atoms with van der Waals surface area (Å²) in [6.07, 6.45) is 0. The highest BCUT2D eigenvalue weighted by molar-refractivity contribution is 5.98. The van der Waals surface area contributed by atoms with Crippen molar-refractivity contribution in [3.8, 4) is 28.5 Å². The van der Waals surface area contributed by atoms with Crippen molar-refractivity contribution >= 4 is 23.3 Å². The van der Waals surface area contributed by atoms with Gasteiger partial charge in [-0.2, -0.15) is 10.3 Å². The van der Waals surface area contributed by atoms with Gasteiger partial charge in [0.15, 0.2) is 11.8 Å². The molecule has 0 saturated heterocycles. The van der Waals surface area contributed by atoms with Crippen LogP contribution < -0.4 is 16.8 Å². The van der Waals surface area contributed by atoms with Crippen LogP contribution in [0, 0.1) is 25.2 Å². The van der Waals surface area contributed by atoms with Gasteiger partial charge in [0.1, 0.15) is 11.9 Å². The summed E-state index contributed by atoms with van der Waals surface area (Å²) >= 11 is 0. The Morgan fingerprint density at radius 3 is 2.28 bits per heavy atom. The summed E-state index contributed by atoms with van der Waals surface area (Å²) in [6.45, 7) is 4.43. The van der Waals surface area contributed by atoms with Crippen molar-refractivity contribution < 1.29 is 0 Å². The van der Waals surface area contributed by atoms with Gasteiger partial charge in [0.05, 0.1) is 11.3 Å². The molecule has 0 bridgehead atoms.